The Morgan fingerprint density at radius 2 is 1.66 bits per heavy atom. The van der Waals surface area contributed by atoms with Gasteiger partial charge >= 0.3 is 0 Å². The summed E-state index contributed by atoms with van der Waals surface area (Å²) < 4.78 is 27.5. The van der Waals surface area contributed by atoms with Crippen LogP contribution in [0.5, 0.6) is 23.0 Å². The monoisotopic (exact) mass is 524 g/mol. The first kappa shape index (κ1) is 25.9. The third-order valence-electron chi connectivity index (χ3n) is 7.06. The number of Topliss-reactive ketones (excluding diaryl/α,β-unsaturated/α-hetero) is 1. The van der Waals surface area contributed by atoms with E-state index in [1.165, 1.54) is 19.1 Å². The number of aliphatic hydroxyl groups excluding tert-OH is 1. The van der Waals surface area contributed by atoms with Crippen molar-refractivity contribution in [1.29, 1.82) is 0 Å². The van der Waals surface area contributed by atoms with Crippen molar-refractivity contribution in [2.24, 2.45) is 0 Å². The lowest BCUT2D eigenvalue weighted by Crippen LogP contribution is -2.38. The van der Waals surface area contributed by atoms with Crippen molar-refractivity contribution in [2.45, 2.75) is 12.5 Å². The van der Waals surface area contributed by atoms with E-state index in [1.807, 2.05) is 0 Å². The number of methoxy groups -OCH3 is 2. The first-order valence-corrected chi connectivity index (χ1v) is 12.7. The van der Waals surface area contributed by atoms with E-state index in [9.17, 15) is 14.7 Å². The Morgan fingerprint density at radius 3 is 2.39 bits per heavy atom. The van der Waals surface area contributed by atoms with Crippen LogP contribution in [0.3, 0.4) is 0 Å². The highest BCUT2D eigenvalue weighted by atomic mass is 16.6. The molecular weight excluding hydrogens is 492 g/mol. The highest BCUT2D eigenvalue weighted by Crippen LogP contribution is 2.43. The fraction of sp³-hybridized carbons (Fsp3) is 0.429. The summed E-state index contributed by atoms with van der Waals surface area (Å²) in [5, 5.41) is 11.4. The quantitative estimate of drug-likeness (QED) is 0.317. The largest absolute Gasteiger partial charge is 0.507 e. The number of benzene rings is 2. The van der Waals surface area contributed by atoms with Gasteiger partial charge in [-0.2, -0.15) is 0 Å². The summed E-state index contributed by atoms with van der Waals surface area (Å²) in [6.45, 7) is 4.98. The van der Waals surface area contributed by atoms with Gasteiger partial charge in [0.2, 0.25) is 0 Å². The number of aliphatic hydroxyl groups is 1. The molecule has 10 nitrogen and oxygen atoms in total. The van der Waals surface area contributed by atoms with Gasteiger partial charge in [-0.15, -0.1) is 0 Å². The van der Waals surface area contributed by atoms with E-state index in [0.717, 1.165) is 19.6 Å². The Balaban J connectivity index is 1.52. The molecule has 3 aliphatic heterocycles. The van der Waals surface area contributed by atoms with Crippen LogP contribution in [-0.4, -0.2) is 93.4 Å². The third kappa shape index (κ3) is 5.01. The number of rotatable bonds is 8. The Kier molecular flexibility index (Phi) is 7.71. The van der Waals surface area contributed by atoms with E-state index >= 15 is 0 Å². The van der Waals surface area contributed by atoms with Gasteiger partial charge in [-0.3, -0.25) is 14.5 Å². The van der Waals surface area contributed by atoms with Gasteiger partial charge in [-0.25, -0.2) is 0 Å². The highest BCUT2D eigenvalue weighted by molar-refractivity contribution is 6.46. The number of hydrogen-bond donors (Lipinski definition) is 1. The van der Waals surface area contributed by atoms with E-state index in [4.69, 9.17) is 23.7 Å². The summed E-state index contributed by atoms with van der Waals surface area (Å²) in [6, 6.07) is 9.42. The zero-order valence-corrected chi connectivity index (χ0v) is 21.6. The minimum atomic E-state index is -0.798. The minimum absolute atomic E-state index is 0.0188. The van der Waals surface area contributed by atoms with Crippen molar-refractivity contribution in [3.63, 3.8) is 0 Å². The summed E-state index contributed by atoms with van der Waals surface area (Å²) in [6.07, 6.45) is 0.668. The molecule has 1 atom stereocenters. The first-order valence-electron chi connectivity index (χ1n) is 12.7. The molecule has 0 spiro atoms. The van der Waals surface area contributed by atoms with Crippen LogP contribution in [0.1, 0.15) is 23.6 Å². The summed E-state index contributed by atoms with van der Waals surface area (Å²) in [5.74, 6) is 0.372. The van der Waals surface area contributed by atoms with E-state index < -0.39 is 17.7 Å². The number of ketones is 1. The SMILES string of the molecule is COc1ccc([C@H]2/C(=C(\O)c3ccc4c(c3)OCCO4)C(=O)C(=O)N2CCCN2CCOCC2)cc1OC. The van der Waals surface area contributed by atoms with Crippen LogP contribution in [0, 0.1) is 0 Å². The summed E-state index contributed by atoms with van der Waals surface area (Å²) in [5.41, 5.74) is 1.02. The average molecular weight is 525 g/mol. The Morgan fingerprint density at radius 1 is 0.921 bits per heavy atom. The number of fused-ring (bicyclic) bond motifs is 1. The van der Waals surface area contributed by atoms with Crippen LogP contribution in [0.4, 0.5) is 0 Å². The number of hydrogen-bond acceptors (Lipinski definition) is 9. The number of amides is 1. The number of morpholine rings is 1. The topological polar surface area (TPSA) is 107 Å². The van der Waals surface area contributed by atoms with Crippen molar-refractivity contribution in [1.82, 2.24) is 9.80 Å². The molecule has 0 saturated carbocycles. The van der Waals surface area contributed by atoms with Crippen molar-refractivity contribution in [3.05, 3.63) is 53.1 Å². The number of nitrogens with zero attached hydrogens (tertiary/aromatic N) is 2. The van der Waals surface area contributed by atoms with Crippen LogP contribution in [0.2, 0.25) is 0 Å². The predicted octanol–water partition coefficient (Wildman–Crippen LogP) is 2.62. The molecule has 2 aromatic carbocycles. The number of ether oxygens (including phenoxy) is 5. The van der Waals surface area contributed by atoms with E-state index in [0.29, 0.717) is 73.5 Å². The van der Waals surface area contributed by atoms with Crippen molar-refractivity contribution >= 4 is 17.4 Å². The fourth-order valence-corrected chi connectivity index (χ4v) is 5.12. The van der Waals surface area contributed by atoms with Gasteiger partial charge in [0.05, 0.1) is 39.0 Å². The molecule has 2 aromatic rings. The van der Waals surface area contributed by atoms with E-state index in [2.05, 4.69) is 4.90 Å². The van der Waals surface area contributed by atoms with E-state index in [-0.39, 0.29) is 11.3 Å². The summed E-state index contributed by atoms with van der Waals surface area (Å²) >= 11 is 0. The third-order valence-corrected chi connectivity index (χ3v) is 7.06. The molecule has 2 saturated heterocycles. The van der Waals surface area contributed by atoms with Gasteiger partial charge in [0.15, 0.2) is 23.0 Å². The molecule has 38 heavy (non-hydrogen) atoms. The molecule has 0 bridgehead atoms. The molecule has 10 heteroatoms. The molecule has 1 amide bonds. The number of likely N-dealkylation sites (tertiary alicyclic amines) is 1. The molecule has 3 aliphatic rings. The van der Waals surface area contributed by atoms with Gasteiger partial charge in [0.25, 0.3) is 11.7 Å². The molecule has 202 valence electrons. The molecular formula is C28H32N2O8. The maximum absolute atomic E-state index is 13.4. The van der Waals surface area contributed by atoms with Gasteiger partial charge < -0.3 is 33.7 Å². The molecule has 2 fully saturated rings. The van der Waals surface area contributed by atoms with Crippen LogP contribution in [0.15, 0.2) is 42.0 Å². The van der Waals surface area contributed by atoms with Crippen LogP contribution < -0.4 is 18.9 Å². The smallest absolute Gasteiger partial charge is 0.295 e. The zero-order chi connectivity index (χ0) is 26.6. The molecule has 0 aromatic heterocycles. The average Bonchev–Trinajstić information content (AvgIpc) is 3.21. The lowest BCUT2D eigenvalue weighted by molar-refractivity contribution is -0.140. The normalized spacial score (nSPS) is 21.0. The van der Waals surface area contributed by atoms with Crippen LogP contribution in [0.25, 0.3) is 5.76 Å². The van der Waals surface area contributed by atoms with Gasteiger partial charge in [-0.05, 0) is 42.3 Å². The predicted molar refractivity (Wildman–Crippen MR) is 138 cm³/mol. The lowest BCUT2D eigenvalue weighted by Gasteiger charge is -2.29. The standard InChI is InChI=1S/C28H32N2O8/c1-34-20-6-4-18(16-22(20)35-2)25-24(26(31)19-5-7-21-23(17-19)38-15-14-37-21)27(32)28(33)30(25)9-3-8-29-10-12-36-13-11-29/h4-7,16-17,25,31H,3,8-15H2,1-2H3/b26-24+/t25-/m0/s1. The molecule has 1 N–H and O–H groups in total. The van der Waals surface area contributed by atoms with Crippen LogP contribution in [-0.2, 0) is 14.3 Å². The Bertz CT molecular complexity index is 1240. The maximum atomic E-state index is 13.4. The highest BCUT2D eigenvalue weighted by Gasteiger charge is 2.46. The van der Waals surface area contributed by atoms with Crippen molar-refractivity contribution in [2.75, 3.05) is 66.8 Å². The van der Waals surface area contributed by atoms with Crippen molar-refractivity contribution < 1.29 is 38.4 Å². The number of carbonyl (C=O) groups excluding carboxylic acids is 2. The summed E-state index contributed by atoms with van der Waals surface area (Å²) in [7, 11) is 3.06. The fourth-order valence-electron chi connectivity index (χ4n) is 5.12. The second kappa shape index (κ2) is 11.3. The second-order valence-corrected chi connectivity index (χ2v) is 9.27. The molecule has 3 heterocycles. The second-order valence-electron chi connectivity index (χ2n) is 9.27. The number of carbonyl (C=O) groups is 2. The minimum Gasteiger partial charge on any atom is -0.507 e. The lowest BCUT2D eigenvalue weighted by atomic mass is 9.94. The van der Waals surface area contributed by atoms with Gasteiger partial charge in [0.1, 0.15) is 19.0 Å². The molecule has 0 unspecified atom stereocenters. The van der Waals surface area contributed by atoms with E-state index in [1.54, 1.807) is 36.4 Å². The zero-order valence-electron chi connectivity index (χ0n) is 21.6. The molecule has 5 rings (SSSR count). The van der Waals surface area contributed by atoms with Gasteiger partial charge in [0, 0.05) is 31.7 Å². The molecule has 0 aliphatic carbocycles. The Hall–Kier alpha value is -3.76. The maximum Gasteiger partial charge on any atom is 0.295 e. The van der Waals surface area contributed by atoms with Crippen LogP contribution >= 0.6 is 0 Å². The van der Waals surface area contributed by atoms with Gasteiger partial charge in [-0.1, -0.05) is 6.07 Å². The van der Waals surface area contributed by atoms with Crippen molar-refractivity contribution in [3.8, 4) is 23.0 Å². The first-order chi connectivity index (χ1) is 18.5. The summed E-state index contributed by atoms with van der Waals surface area (Å²) in [4.78, 5) is 30.5. The Labute approximate surface area is 221 Å². The molecule has 0 radical (unpaired) electrons.